The Morgan fingerprint density at radius 3 is 3.00 bits per heavy atom. The summed E-state index contributed by atoms with van der Waals surface area (Å²) in [4.78, 5) is 29.4. The fourth-order valence-electron chi connectivity index (χ4n) is 2.10. The van der Waals surface area contributed by atoms with Crippen LogP contribution in [0.25, 0.3) is 0 Å². The van der Waals surface area contributed by atoms with Gasteiger partial charge in [0.05, 0.1) is 30.2 Å². The summed E-state index contributed by atoms with van der Waals surface area (Å²) in [6, 6.07) is 0. The Bertz CT molecular complexity index is 458. The van der Waals surface area contributed by atoms with Crippen LogP contribution < -0.4 is 0 Å². The zero-order valence-electron chi connectivity index (χ0n) is 10.5. The second-order valence-electron chi connectivity index (χ2n) is 4.38. The standard InChI is InChI=1S/C12H16N2O3S/c1-8-13-10(7-18-8)5-11(15)14-4-3-9(6-14)12(16)17-2/h7,9H,3-6H2,1-2H3. The van der Waals surface area contributed by atoms with E-state index in [4.69, 9.17) is 4.74 Å². The first-order chi connectivity index (χ1) is 8.60. The number of ether oxygens (including phenoxy) is 1. The Morgan fingerprint density at radius 2 is 2.39 bits per heavy atom. The number of carbonyl (C=O) groups excluding carboxylic acids is 2. The van der Waals surface area contributed by atoms with Gasteiger partial charge in [-0.25, -0.2) is 4.98 Å². The van der Waals surface area contributed by atoms with Crippen LogP contribution in [0.15, 0.2) is 5.38 Å². The van der Waals surface area contributed by atoms with Crippen molar-refractivity contribution in [1.29, 1.82) is 0 Å². The predicted molar refractivity (Wildman–Crippen MR) is 67.3 cm³/mol. The van der Waals surface area contributed by atoms with E-state index in [0.717, 1.165) is 10.7 Å². The van der Waals surface area contributed by atoms with Crippen molar-refractivity contribution in [2.45, 2.75) is 19.8 Å². The topological polar surface area (TPSA) is 59.5 Å². The number of methoxy groups -OCH3 is 1. The first-order valence-electron chi connectivity index (χ1n) is 5.86. The highest BCUT2D eigenvalue weighted by Crippen LogP contribution is 2.19. The third-order valence-corrected chi connectivity index (χ3v) is 3.90. The monoisotopic (exact) mass is 268 g/mol. The summed E-state index contributed by atoms with van der Waals surface area (Å²) in [5, 5.41) is 2.87. The van der Waals surface area contributed by atoms with Crippen molar-refractivity contribution in [3.8, 4) is 0 Å². The quantitative estimate of drug-likeness (QED) is 0.768. The molecule has 0 saturated carbocycles. The number of likely N-dealkylation sites (tertiary alicyclic amines) is 1. The van der Waals surface area contributed by atoms with Crippen LogP contribution in [0.5, 0.6) is 0 Å². The van der Waals surface area contributed by atoms with Crippen LogP contribution >= 0.6 is 11.3 Å². The minimum absolute atomic E-state index is 0.0340. The fraction of sp³-hybridized carbons (Fsp3) is 0.583. The molecule has 0 bridgehead atoms. The van der Waals surface area contributed by atoms with Crippen LogP contribution in [0.4, 0.5) is 0 Å². The first kappa shape index (κ1) is 13.0. The van der Waals surface area contributed by atoms with Crippen molar-refractivity contribution in [3.05, 3.63) is 16.1 Å². The van der Waals surface area contributed by atoms with Crippen LogP contribution in [0.3, 0.4) is 0 Å². The number of nitrogens with zero attached hydrogens (tertiary/aromatic N) is 2. The van der Waals surface area contributed by atoms with Crippen LogP contribution in [-0.4, -0.2) is 42.0 Å². The molecule has 0 N–H and O–H groups in total. The summed E-state index contributed by atoms with van der Waals surface area (Å²) in [5.74, 6) is -0.363. The van der Waals surface area contributed by atoms with Crippen molar-refractivity contribution >= 4 is 23.2 Å². The molecule has 0 radical (unpaired) electrons. The Balaban J connectivity index is 1.89. The van der Waals surface area contributed by atoms with Gasteiger partial charge in [-0.1, -0.05) is 0 Å². The lowest BCUT2D eigenvalue weighted by atomic mass is 10.1. The van der Waals surface area contributed by atoms with E-state index >= 15 is 0 Å². The normalized spacial score (nSPS) is 19.0. The van der Waals surface area contributed by atoms with Crippen molar-refractivity contribution in [1.82, 2.24) is 9.88 Å². The molecule has 5 nitrogen and oxygen atoms in total. The van der Waals surface area contributed by atoms with E-state index in [9.17, 15) is 9.59 Å². The highest BCUT2D eigenvalue weighted by molar-refractivity contribution is 7.09. The Kier molecular flexibility index (Phi) is 3.96. The van der Waals surface area contributed by atoms with Gasteiger partial charge in [0.1, 0.15) is 0 Å². The molecule has 1 aliphatic heterocycles. The third-order valence-electron chi connectivity index (χ3n) is 3.07. The number of hydrogen-bond acceptors (Lipinski definition) is 5. The van der Waals surface area contributed by atoms with Gasteiger partial charge in [-0.15, -0.1) is 11.3 Å². The summed E-state index contributed by atoms with van der Waals surface area (Å²) < 4.78 is 4.70. The van der Waals surface area contributed by atoms with Gasteiger partial charge in [-0.05, 0) is 13.3 Å². The maximum absolute atomic E-state index is 12.0. The summed E-state index contributed by atoms with van der Waals surface area (Å²) >= 11 is 1.54. The SMILES string of the molecule is COC(=O)C1CCN(C(=O)Cc2csc(C)n2)C1. The van der Waals surface area contributed by atoms with Crippen LogP contribution in [0.1, 0.15) is 17.1 Å². The van der Waals surface area contributed by atoms with Crippen molar-refractivity contribution < 1.29 is 14.3 Å². The van der Waals surface area contributed by atoms with E-state index in [2.05, 4.69) is 4.98 Å². The highest BCUT2D eigenvalue weighted by Gasteiger charge is 2.31. The first-order valence-corrected chi connectivity index (χ1v) is 6.74. The van der Waals surface area contributed by atoms with Gasteiger partial charge in [0.2, 0.25) is 5.91 Å². The van der Waals surface area contributed by atoms with Gasteiger partial charge >= 0.3 is 5.97 Å². The summed E-state index contributed by atoms with van der Waals surface area (Å²) in [6.45, 7) is 3.01. The summed E-state index contributed by atoms with van der Waals surface area (Å²) in [5.41, 5.74) is 0.809. The molecule has 1 fully saturated rings. The molecule has 2 rings (SSSR count). The lowest BCUT2D eigenvalue weighted by Crippen LogP contribution is -2.31. The minimum atomic E-state index is -0.227. The summed E-state index contributed by atoms with van der Waals surface area (Å²) in [6.07, 6.45) is 1.01. The van der Waals surface area contributed by atoms with Crippen LogP contribution in [0, 0.1) is 12.8 Å². The minimum Gasteiger partial charge on any atom is -0.469 e. The molecule has 1 unspecified atom stereocenters. The van der Waals surface area contributed by atoms with Gasteiger partial charge in [0.15, 0.2) is 0 Å². The Morgan fingerprint density at radius 1 is 1.61 bits per heavy atom. The molecule has 6 heteroatoms. The second-order valence-corrected chi connectivity index (χ2v) is 5.45. The average Bonchev–Trinajstić information content (AvgIpc) is 2.97. The van der Waals surface area contributed by atoms with Crippen LogP contribution in [0.2, 0.25) is 0 Å². The number of aryl methyl sites for hydroxylation is 1. The molecule has 0 aromatic carbocycles. The maximum Gasteiger partial charge on any atom is 0.310 e. The molecule has 1 aliphatic rings. The van der Waals surface area contributed by atoms with Gasteiger partial charge in [0.25, 0.3) is 0 Å². The molecule has 0 aliphatic carbocycles. The van der Waals surface area contributed by atoms with E-state index < -0.39 is 0 Å². The van der Waals surface area contributed by atoms with Crippen molar-refractivity contribution in [2.24, 2.45) is 5.92 Å². The maximum atomic E-state index is 12.0. The molecule has 2 heterocycles. The van der Waals surface area contributed by atoms with E-state index in [1.807, 2.05) is 12.3 Å². The van der Waals surface area contributed by atoms with Crippen molar-refractivity contribution in [3.63, 3.8) is 0 Å². The zero-order chi connectivity index (χ0) is 13.1. The molecule has 1 aromatic rings. The number of thiazole rings is 1. The number of carbonyl (C=O) groups is 2. The van der Waals surface area contributed by atoms with Gasteiger partial charge in [0, 0.05) is 18.5 Å². The molecular formula is C12H16N2O3S. The molecule has 1 aromatic heterocycles. The van der Waals surface area contributed by atoms with Gasteiger partial charge in [-0.3, -0.25) is 9.59 Å². The molecule has 98 valence electrons. The molecule has 0 spiro atoms. The summed E-state index contributed by atoms with van der Waals surface area (Å²) in [7, 11) is 1.38. The van der Waals surface area contributed by atoms with Crippen molar-refractivity contribution in [2.75, 3.05) is 20.2 Å². The third kappa shape index (κ3) is 2.87. The molecule has 18 heavy (non-hydrogen) atoms. The number of hydrogen-bond donors (Lipinski definition) is 0. The Hall–Kier alpha value is -1.43. The molecule has 1 atom stereocenters. The number of esters is 1. The smallest absolute Gasteiger partial charge is 0.310 e. The largest absolute Gasteiger partial charge is 0.469 e. The zero-order valence-corrected chi connectivity index (χ0v) is 11.3. The number of amides is 1. The molecule has 1 saturated heterocycles. The average molecular weight is 268 g/mol. The fourth-order valence-corrected chi connectivity index (χ4v) is 2.71. The predicted octanol–water partition coefficient (Wildman–Crippen LogP) is 1.02. The van der Waals surface area contributed by atoms with E-state index in [1.165, 1.54) is 7.11 Å². The second kappa shape index (κ2) is 5.48. The molecule has 1 amide bonds. The van der Waals surface area contributed by atoms with E-state index in [-0.39, 0.29) is 17.8 Å². The molecular weight excluding hydrogens is 252 g/mol. The van der Waals surface area contributed by atoms with Crippen LogP contribution in [-0.2, 0) is 20.7 Å². The lowest BCUT2D eigenvalue weighted by molar-refractivity contribution is -0.145. The van der Waals surface area contributed by atoms with E-state index in [0.29, 0.717) is 25.9 Å². The van der Waals surface area contributed by atoms with Gasteiger partial charge < -0.3 is 9.64 Å². The number of rotatable bonds is 3. The Labute approximate surface area is 110 Å². The van der Waals surface area contributed by atoms with Gasteiger partial charge in [-0.2, -0.15) is 0 Å². The highest BCUT2D eigenvalue weighted by atomic mass is 32.1. The van der Waals surface area contributed by atoms with E-state index in [1.54, 1.807) is 16.2 Å². The number of aromatic nitrogens is 1. The lowest BCUT2D eigenvalue weighted by Gasteiger charge is -2.15.